The molecule has 0 aliphatic carbocycles. The highest BCUT2D eigenvalue weighted by Crippen LogP contribution is 1.96. The maximum absolute atomic E-state index is 11.4. The van der Waals surface area contributed by atoms with Crippen molar-refractivity contribution in [3.8, 4) is 0 Å². The molecule has 0 aliphatic rings. The quantitative estimate of drug-likeness (QED) is 0.656. The maximum Gasteiger partial charge on any atom is 0.225 e. The molecule has 1 N–H and O–H groups in total. The van der Waals surface area contributed by atoms with Gasteiger partial charge in [0.15, 0.2) is 0 Å². The minimum Gasteiger partial charge on any atom is -0.384 e. The van der Waals surface area contributed by atoms with E-state index in [4.69, 9.17) is 4.74 Å². The summed E-state index contributed by atoms with van der Waals surface area (Å²) in [4.78, 5) is 11.4. The second-order valence-corrected chi connectivity index (χ2v) is 3.23. The zero-order valence-electron chi connectivity index (χ0n) is 9.17. The third kappa shape index (κ3) is 5.54. The number of allylic oxidation sites excluding steroid dienone is 1. The van der Waals surface area contributed by atoms with Crippen LogP contribution in [0, 0.1) is 5.92 Å². The molecule has 3 heteroatoms. The van der Waals surface area contributed by atoms with Gasteiger partial charge >= 0.3 is 0 Å². The molecule has 14 heavy (non-hydrogen) atoms. The smallest absolute Gasteiger partial charge is 0.225 e. The Kier molecular flexibility index (Phi) is 6.76. The zero-order chi connectivity index (χ0) is 11.0. The van der Waals surface area contributed by atoms with Crippen LogP contribution in [0.1, 0.15) is 13.8 Å². The third-order valence-corrected chi connectivity index (χ3v) is 1.76. The van der Waals surface area contributed by atoms with Crippen LogP contribution in [0.15, 0.2) is 24.3 Å². The highest BCUT2D eigenvalue weighted by Gasteiger charge is 2.11. The van der Waals surface area contributed by atoms with Crippen molar-refractivity contribution < 1.29 is 9.53 Å². The van der Waals surface area contributed by atoms with E-state index in [0.717, 1.165) is 5.57 Å². The molecule has 0 heterocycles. The van der Waals surface area contributed by atoms with Crippen molar-refractivity contribution in [1.29, 1.82) is 0 Å². The lowest BCUT2D eigenvalue weighted by Crippen LogP contribution is -2.32. The largest absolute Gasteiger partial charge is 0.384 e. The van der Waals surface area contributed by atoms with Crippen molar-refractivity contribution in [3.05, 3.63) is 24.3 Å². The van der Waals surface area contributed by atoms with Crippen molar-refractivity contribution >= 4 is 5.91 Å². The van der Waals surface area contributed by atoms with E-state index in [1.807, 2.05) is 26.0 Å². The van der Waals surface area contributed by atoms with Crippen LogP contribution in [0.5, 0.6) is 0 Å². The lowest BCUT2D eigenvalue weighted by Gasteiger charge is -2.10. The molecule has 0 spiro atoms. The van der Waals surface area contributed by atoms with E-state index in [1.54, 1.807) is 7.11 Å². The number of ether oxygens (including phenoxy) is 1. The van der Waals surface area contributed by atoms with Gasteiger partial charge in [0.05, 0.1) is 12.5 Å². The molecule has 0 radical (unpaired) electrons. The van der Waals surface area contributed by atoms with Crippen LogP contribution in [-0.4, -0.2) is 26.2 Å². The van der Waals surface area contributed by atoms with Crippen molar-refractivity contribution in [2.24, 2.45) is 5.92 Å². The average Bonchev–Trinajstić information content (AvgIpc) is 2.15. The Labute approximate surface area is 85.8 Å². The molecule has 0 fully saturated rings. The Morgan fingerprint density at radius 3 is 2.79 bits per heavy atom. The van der Waals surface area contributed by atoms with E-state index in [1.165, 1.54) is 0 Å². The highest BCUT2D eigenvalue weighted by molar-refractivity contribution is 5.78. The second-order valence-electron chi connectivity index (χ2n) is 3.23. The van der Waals surface area contributed by atoms with Crippen molar-refractivity contribution in [3.63, 3.8) is 0 Å². The molecule has 0 saturated carbocycles. The molecule has 0 aromatic rings. The molecule has 0 rings (SSSR count). The van der Waals surface area contributed by atoms with Gasteiger partial charge in [0.25, 0.3) is 0 Å². The Morgan fingerprint density at radius 1 is 1.64 bits per heavy atom. The molecule has 1 amide bonds. The monoisotopic (exact) mass is 197 g/mol. The minimum atomic E-state index is -0.113. The molecule has 0 aromatic carbocycles. The maximum atomic E-state index is 11.4. The predicted molar refractivity (Wildman–Crippen MR) is 58.0 cm³/mol. The van der Waals surface area contributed by atoms with Gasteiger partial charge in [-0.25, -0.2) is 0 Å². The van der Waals surface area contributed by atoms with Crippen molar-refractivity contribution in [1.82, 2.24) is 5.32 Å². The lowest BCUT2D eigenvalue weighted by molar-refractivity contribution is -0.125. The Morgan fingerprint density at radius 2 is 2.29 bits per heavy atom. The molecule has 0 bridgehead atoms. The molecule has 1 atom stereocenters. The summed E-state index contributed by atoms with van der Waals surface area (Å²) < 4.78 is 4.88. The van der Waals surface area contributed by atoms with Crippen LogP contribution in [0.4, 0.5) is 0 Å². The Bertz CT molecular complexity index is 221. The SMILES string of the molecule is C=C(C=CC)CNC(=O)C(C)COC. The highest BCUT2D eigenvalue weighted by atomic mass is 16.5. The van der Waals surface area contributed by atoms with Crippen LogP contribution in [0.25, 0.3) is 0 Å². The topological polar surface area (TPSA) is 38.3 Å². The number of rotatable bonds is 6. The summed E-state index contributed by atoms with van der Waals surface area (Å²) in [6.45, 7) is 8.48. The number of hydrogen-bond acceptors (Lipinski definition) is 2. The molecule has 3 nitrogen and oxygen atoms in total. The van der Waals surface area contributed by atoms with Crippen LogP contribution in [0.2, 0.25) is 0 Å². The molecular weight excluding hydrogens is 178 g/mol. The number of methoxy groups -OCH3 is 1. The van der Waals surface area contributed by atoms with Crippen LogP contribution in [-0.2, 0) is 9.53 Å². The third-order valence-electron chi connectivity index (χ3n) is 1.76. The lowest BCUT2D eigenvalue weighted by atomic mass is 10.2. The number of amides is 1. The Hall–Kier alpha value is -1.09. The molecular formula is C11H19NO2. The summed E-state index contributed by atoms with van der Waals surface area (Å²) in [5, 5.41) is 2.78. The Balaban J connectivity index is 3.78. The van der Waals surface area contributed by atoms with E-state index in [-0.39, 0.29) is 11.8 Å². The number of nitrogens with one attached hydrogen (secondary N) is 1. The summed E-state index contributed by atoms with van der Waals surface area (Å²) in [5.41, 5.74) is 0.894. The number of carbonyl (C=O) groups excluding carboxylic acids is 1. The summed E-state index contributed by atoms with van der Waals surface area (Å²) in [6.07, 6.45) is 3.77. The average molecular weight is 197 g/mol. The normalized spacial score (nSPS) is 12.8. The molecule has 0 saturated heterocycles. The first kappa shape index (κ1) is 12.9. The van der Waals surface area contributed by atoms with Gasteiger partial charge in [-0.2, -0.15) is 0 Å². The summed E-state index contributed by atoms with van der Waals surface area (Å²) in [5.74, 6) is -0.115. The fraction of sp³-hybridized carbons (Fsp3) is 0.545. The van der Waals surface area contributed by atoms with Crippen molar-refractivity contribution in [2.45, 2.75) is 13.8 Å². The van der Waals surface area contributed by atoms with Gasteiger partial charge in [0, 0.05) is 13.7 Å². The first-order valence-electron chi connectivity index (χ1n) is 4.69. The predicted octanol–water partition coefficient (Wildman–Crippen LogP) is 1.52. The van der Waals surface area contributed by atoms with Crippen LogP contribution >= 0.6 is 0 Å². The van der Waals surface area contributed by atoms with E-state index in [2.05, 4.69) is 11.9 Å². The van der Waals surface area contributed by atoms with Gasteiger partial charge in [-0.15, -0.1) is 0 Å². The van der Waals surface area contributed by atoms with Gasteiger partial charge in [0.1, 0.15) is 0 Å². The van der Waals surface area contributed by atoms with Gasteiger partial charge in [0.2, 0.25) is 5.91 Å². The van der Waals surface area contributed by atoms with Crippen molar-refractivity contribution in [2.75, 3.05) is 20.3 Å². The molecule has 0 aliphatic heterocycles. The summed E-state index contributed by atoms with van der Waals surface area (Å²) in [7, 11) is 1.59. The van der Waals surface area contributed by atoms with Gasteiger partial charge < -0.3 is 10.1 Å². The summed E-state index contributed by atoms with van der Waals surface area (Å²) >= 11 is 0. The van der Waals surface area contributed by atoms with Gasteiger partial charge in [-0.05, 0) is 12.5 Å². The van der Waals surface area contributed by atoms with Gasteiger partial charge in [-0.1, -0.05) is 25.7 Å². The first-order valence-corrected chi connectivity index (χ1v) is 4.69. The number of hydrogen-bond donors (Lipinski definition) is 1. The van der Waals surface area contributed by atoms with E-state index in [9.17, 15) is 4.79 Å². The molecule has 0 aromatic heterocycles. The van der Waals surface area contributed by atoms with E-state index in [0.29, 0.717) is 13.2 Å². The van der Waals surface area contributed by atoms with Crippen LogP contribution < -0.4 is 5.32 Å². The second kappa shape index (κ2) is 7.33. The van der Waals surface area contributed by atoms with Crippen LogP contribution in [0.3, 0.4) is 0 Å². The summed E-state index contributed by atoms with van der Waals surface area (Å²) in [6, 6.07) is 0. The van der Waals surface area contributed by atoms with E-state index >= 15 is 0 Å². The molecule has 80 valence electrons. The minimum absolute atomic E-state index is 0.00231. The fourth-order valence-corrected chi connectivity index (χ4v) is 0.995. The molecule has 1 unspecified atom stereocenters. The van der Waals surface area contributed by atoms with E-state index < -0.39 is 0 Å². The fourth-order valence-electron chi connectivity index (χ4n) is 0.995. The van der Waals surface area contributed by atoms with Gasteiger partial charge in [-0.3, -0.25) is 4.79 Å². The number of carbonyl (C=O) groups is 1. The standard InChI is InChI=1S/C11H19NO2/c1-5-6-9(2)7-12-11(13)10(3)8-14-4/h5-6,10H,2,7-8H2,1,3-4H3,(H,12,13). The zero-order valence-corrected chi connectivity index (χ0v) is 9.17. The first-order chi connectivity index (χ1) is 6.61.